The number of nitrogens with one attached hydrogen (secondary N) is 2. The molecular weight excluding hydrogens is 320 g/mol. The second kappa shape index (κ2) is 7.99. The molecule has 1 aromatic rings. The SMILES string of the molecule is CC(C)Sc1ccc(C(C)NC(=O)C(C)NS(C)(=O)=O)cc1. The number of rotatable bonds is 7. The Morgan fingerprint density at radius 1 is 1.09 bits per heavy atom. The van der Waals surface area contributed by atoms with Crippen molar-refractivity contribution in [1.29, 1.82) is 0 Å². The van der Waals surface area contributed by atoms with Crippen molar-refractivity contribution in [2.45, 2.75) is 49.9 Å². The van der Waals surface area contributed by atoms with Crippen molar-refractivity contribution in [3.05, 3.63) is 29.8 Å². The van der Waals surface area contributed by atoms with E-state index in [1.807, 2.05) is 31.2 Å². The maximum Gasteiger partial charge on any atom is 0.238 e. The monoisotopic (exact) mass is 344 g/mol. The number of carbonyl (C=O) groups is 1. The number of hydrogen-bond donors (Lipinski definition) is 2. The van der Waals surface area contributed by atoms with Crippen molar-refractivity contribution >= 4 is 27.7 Å². The molecule has 5 nitrogen and oxygen atoms in total. The molecule has 7 heteroatoms. The highest BCUT2D eigenvalue weighted by molar-refractivity contribution is 7.99. The Kier molecular flexibility index (Phi) is 6.90. The van der Waals surface area contributed by atoms with E-state index in [-0.39, 0.29) is 11.9 Å². The minimum absolute atomic E-state index is 0.186. The van der Waals surface area contributed by atoms with Crippen LogP contribution in [0.1, 0.15) is 39.3 Å². The standard InChI is InChI=1S/C15H24N2O3S2/c1-10(2)21-14-8-6-13(7-9-14)11(3)16-15(18)12(4)17-22(5,19)20/h6-12,17H,1-5H3,(H,16,18). The summed E-state index contributed by atoms with van der Waals surface area (Å²) in [5, 5.41) is 3.33. The minimum atomic E-state index is -3.40. The molecule has 0 bridgehead atoms. The van der Waals surface area contributed by atoms with Gasteiger partial charge in [0.25, 0.3) is 0 Å². The Morgan fingerprint density at radius 3 is 2.09 bits per heavy atom. The Morgan fingerprint density at radius 2 is 1.64 bits per heavy atom. The lowest BCUT2D eigenvalue weighted by Crippen LogP contribution is -2.45. The molecule has 0 aromatic heterocycles. The highest BCUT2D eigenvalue weighted by atomic mass is 32.2. The van der Waals surface area contributed by atoms with Crippen molar-refractivity contribution in [2.24, 2.45) is 0 Å². The van der Waals surface area contributed by atoms with Gasteiger partial charge in [-0.2, -0.15) is 0 Å². The summed E-state index contributed by atoms with van der Waals surface area (Å²) >= 11 is 1.78. The van der Waals surface area contributed by atoms with Gasteiger partial charge in [-0.25, -0.2) is 13.1 Å². The molecule has 1 amide bonds. The fraction of sp³-hybridized carbons (Fsp3) is 0.533. The lowest BCUT2D eigenvalue weighted by Gasteiger charge is -2.18. The van der Waals surface area contributed by atoms with Gasteiger partial charge >= 0.3 is 0 Å². The van der Waals surface area contributed by atoms with Crippen LogP contribution >= 0.6 is 11.8 Å². The first kappa shape index (κ1) is 19.0. The summed E-state index contributed by atoms with van der Waals surface area (Å²) in [6.45, 7) is 7.66. The summed E-state index contributed by atoms with van der Waals surface area (Å²) in [5.41, 5.74) is 0.980. The van der Waals surface area contributed by atoms with Gasteiger partial charge in [-0.3, -0.25) is 4.79 Å². The zero-order valence-corrected chi connectivity index (χ0v) is 15.2. The van der Waals surface area contributed by atoms with Crippen LogP contribution < -0.4 is 10.0 Å². The van der Waals surface area contributed by atoms with Crippen LogP contribution in [0.25, 0.3) is 0 Å². The molecule has 2 N–H and O–H groups in total. The third kappa shape index (κ3) is 6.81. The summed E-state index contributed by atoms with van der Waals surface area (Å²) in [4.78, 5) is 13.2. The Balaban J connectivity index is 2.64. The van der Waals surface area contributed by atoms with Gasteiger partial charge in [-0.05, 0) is 31.5 Å². The molecule has 0 saturated carbocycles. The molecule has 0 spiro atoms. The highest BCUT2D eigenvalue weighted by Crippen LogP contribution is 2.24. The van der Waals surface area contributed by atoms with Crippen molar-refractivity contribution in [3.63, 3.8) is 0 Å². The number of carbonyl (C=O) groups excluding carboxylic acids is 1. The van der Waals surface area contributed by atoms with Crippen LogP contribution in [0.4, 0.5) is 0 Å². The van der Waals surface area contributed by atoms with E-state index in [0.29, 0.717) is 5.25 Å². The molecule has 0 saturated heterocycles. The first-order valence-electron chi connectivity index (χ1n) is 7.13. The Bertz CT molecular complexity index is 598. The third-order valence-corrected chi connectivity index (χ3v) is 4.69. The average molecular weight is 345 g/mol. The van der Waals surface area contributed by atoms with Crippen LogP contribution in [0.2, 0.25) is 0 Å². The summed E-state index contributed by atoms with van der Waals surface area (Å²) < 4.78 is 24.5. The maximum atomic E-state index is 12.0. The van der Waals surface area contributed by atoms with Crippen molar-refractivity contribution in [1.82, 2.24) is 10.0 Å². The van der Waals surface area contributed by atoms with Gasteiger partial charge in [0, 0.05) is 10.1 Å². The molecule has 2 unspecified atom stereocenters. The summed E-state index contributed by atoms with van der Waals surface area (Å²) in [5.74, 6) is -0.349. The summed E-state index contributed by atoms with van der Waals surface area (Å²) in [7, 11) is -3.40. The van der Waals surface area contributed by atoms with Crippen LogP contribution in [-0.4, -0.2) is 31.9 Å². The zero-order valence-electron chi connectivity index (χ0n) is 13.6. The number of hydrogen-bond acceptors (Lipinski definition) is 4. The summed E-state index contributed by atoms with van der Waals surface area (Å²) in [6.07, 6.45) is 1.03. The van der Waals surface area contributed by atoms with Gasteiger partial charge in [0.05, 0.1) is 18.3 Å². The fourth-order valence-electron chi connectivity index (χ4n) is 1.90. The molecule has 0 radical (unpaired) electrons. The van der Waals surface area contributed by atoms with E-state index in [2.05, 4.69) is 23.9 Å². The fourth-order valence-corrected chi connectivity index (χ4v) is 3.49. The smallest absolute Gasteiger partial charge is 0.238 e. The van der Waals surface area contributed by atoms with Crippen LogP contribution in [-0.2, 0) is 14.8 Å². The van der Waals surface area contributed by atoms with Crippen LogP contribution in [0.5, 0.6) is 0 Å². The highest BCUT2D eigenvalue weighted by Gasteiger charge is 2.19. The molecule has 1 rings (SSSR count). The lowest BCUT2D eigenvalue weighted by molar-refractivity contribution is -0.123. The van der Waals surface area contributed by atoms with Crippen molar-refractivity contribution in [2.75, 3.05) is 6.26 Å². The third-order valence-electron chi connectivity index (χ3n) is 2.89. The molecule has 0 aliphatic heterocycles. The van der Waals surface area contributed by atoms with E-state index >= 15 is 0 Å². The second-order valence-corrected chi connectivity index (χ2v) is 9.01. The molecule has 0 aliphatic rings. The minimum Gasteiger partial charge on any atom is -0.348 e. The number of sulfonamides is 1. The topological polar surface area (TPSA) is 75.3 Å². The van der Waals surface area contributed by atoms with Crippen LogP contribution in [0, 0.1) is 0 Å². The molecule has 0 fully saturated rings. The van der Waals surface area contributed by atoms with E-state index in [1.54, 1.807) is 11.8 Å². The molecular formula is C15H24N2O3S2. The van der Waals surface area contributed by atoms with Crippen LogP contribution in [0.15, 0.2) is 29.2 Å². The first-order valence-corrected chi connectivity index (χ1v) is 9.90. The Labute approximate surface area is 137 Å². The quantitative estimate of drug-likeness (QED) is 0.744. The largest absolute Gasteiger partial charge is 0.348 e. The molecule has 124 valence electrons. The average Bonchev–Trinajstić information content (AvgIpc) is 2.36. The van der Waals surface area contributed by atoms with Gasteiger partial charge in [-0.1, -0.05) is 26.0 Å². The molecule has 0 heterocycles. The van der Waals surface area contributed by atoms with E-state index < -0.39 is 16.1 Å². The normalized spacial score (nSPS) is 14.6. The van der Waals surface area contributed by atoms with Crippen molar-refractivity contribution < 1.29 is 13.2 Å². The first-order chi connectivity index (χ1) is 10.1. The van der Waals surface area contributed by atoms with Gasteiger partial charge in [-0.15, -0.1) is 11.8 Å². The van der Waals surface area contributed by atoms with E-state index in [4.69, 9.17) is 0 Å². The predicted molar refractivity (Wildman–Crippen MR) is 91.4 cm³/mol. The second-order valence-electron chi connectivity index (χ2n) is 5.58. The Hall–Kier alpha value is -1.05. The van der Waals surface area contributed by atoms with Gasteiger partial charge < -0.3 is 5.32 Å². The lowest BCUT2D eigenvalue weighted by atomic mass is 10.1. The van der Waals surface area contributed by atoms with Crippen molar-refractivity contribution in [3.8, 4) is 0 Å². The van der Waals surface area contributed by atoms with E-state index in [9.17, 15) is 13.2 Å². The van der Waals surface area contributed by atoms with Gasteiger partial charge in [0.2, 0.25) is 15.9 Å². The number of thioether (sulfide) groups is 1. The summed E-state index contributed by atoms with van der Waals surface area (Å²) in [6, 6.07) is 7.03. The number of amides is 1. The zero-order chi connectivity index (χ0) is 16.9. The number of benzene rings is 1. The molecule has 2 atom stereocenters. The van der Waals surface area contributed by atoms with Gasteiger partial charge in [0.1, 0.15) is 0 Å². The van der Waals surface area contributed by atoms with Crippen LogP contribution in [0.3, 0.4) is 0 Å². The molecule has 22 heavy (non-hydrogen) atoms. The maximum absolute atomic E-state index is 12.0. The van der Waals surface area contributed by atoms with E-state index in [0.717, 1.165) is 11.8 Å². The molecule has 1 aromatic carbocycles. The van der Waals surface area contributed by atoms with Gasteiger partial charge in [0.15, 0.2) is 0 Å². The predicted octanol–water partition coefficient (Wildman–Crippen LogP) is 2.30. The molecule has 0 aliphatic carbocycles. The van der Waals surface area contributed by atoms with E-state index in [1.165, 1.54) is 11.8 Å².